The second kappa shape index (κ2) is 8.92. The van der Waals surface area contributed by atoms with Gasteiger partial charge in [0.2, 0.25) is 15.9 Å². The van der Waals surface area contributed by atoms with Crippen LogP contribution in [0.15, 0.2) is 78.9 Å². The highest BCUT2D eigenvalue weighted by atomic mass is 32.2. The minimum absolute atomic E-state index is 0.231. The Balaban J connectivity index is 1.86. The van der Waals surface area contributed by atoms with Crippen molar-refractivity contribution in [2.45, 2.75) is 6.92 Å². The summed E-state index contributed by atoms with van der Waals surface area (Å²) in [5.74, 6) is -0.776. The maximum atomic E-state index is 12.8. The Kier molecular flexibility index (Phi) is 6.32. The van der Waals surface area contributed by atoms with E-state index in [0.29, 0.717) is 22.5 Å². The topological polar surface area (TPSA) is 83.6 Å². The van der Waals surface area contributed by atoms with Gasteiger partial charge in [-0.1, -0.05) is 60.7 Å². The molecule has 3 aromatic carbocycles. The summed E-state index contributed by atoms with van der Waals surface area (Å²) in [5.41, 5.74) is 2.32. The molecule has 0 heterocycles. The van der Waals surface area contributed by atoms with E-state index in [9.17, 15) is 18.0 Å². The largest absolute Gasteiger partial charge is 0.324 e. The molecule has 0 atom stereocenters. The Morgan fingerprint density at radius 3 is 2.13 bits per heavy atom. The SMILES string of the molecule is Cc1ccccc1N(CC(=O)Nc1ccccc1C(=O)c1ccccc1)S(C)(=O)=O. The average Bonchev–Trinajstić information content (AvgIpc) is 2.72. The second-order valence-corrected chi connectivity index (χ2v) is 8.75. The predicted molar refractivity (Wildman–Crippen MR) is 118 cm³/mol. The number of anilines is 2. The van der Waals surface area contributed by atoms with E-state index >= 15 is 0 Å². The average molecular weight is 423 g/mol. The van der Waals surface area contributed by atoms with Gasteiger partial charge in [-0.25, -0.2) is 8.42 Å². The summed E-state index contributed by atoms with van der Waals surface area (Å²) in [6, 6.07) is 22.3. The van der Waals surface area contributed by atoms with Crippen LogP contribution in [0.3, 0.4) is 0 Å². The van der Waals surface area contributed by atoms with Crippen molar-refractivity contribution in [1.82, 2.24) is 0 Å². The first-order valence-electron chi connectivity index (χ1n) is 9.29. The van der Waals surface area contributed by atoms with E-state index < -0.39 is 22.5 Å². The fraction of sp³-hybridized carbons (Fsp3) is 0.130. The van der Waals surface area contributed by atoms with E-state index in [1.165, 1.54) is 0 Å². The van der Waals surface area contributed by atoms with E-state index in [1.54, 1.807) is 79.7 Å². The molecule has 0 aliphatic carbocycles. The van der Waals surface area contributed by atoms with Gasteiger partial charge in [0.05, 0.1) is 17.6 Å². The molecule has 0 unspecified atom stereocenters. The number of carbonyl (C=O) groups is 2. The van der Waals surface area contributed by atoms with Crippen LogP contribution in [0.1, 0.15) is 21.5 Å². The van der Waals surface area contributed by atoms with Crippen LogP contribution < -0.4 is 9.62 Å². The fourth-order valence-corrected chi connectivity index (χ4v) is 3.99. The molecule has 0 radical (unpaired) electrons. The third-order valence-corrected chi connectivity index (χ3v) is 5.68. The third-order valence-electron chi connectivity index (χ3n) is 4.55. The van der Waals surface area contributed by atoms with Crippen molar-refractivity contribution in [3.63, 3.8) is 0 Å². The summed E-state index contributed by atoms with van der Waals surface area (Å²) in [5, 5.41) is 2.69. The van der Waals surface area contributed by atoms with Gasteiger partial charge in [0, 0.05) is 11.1 Å². The van der Waals surface area contributed by atoms with Crippen molar-refractivity contribution in [3.05, 3.63) is 95.6 Å². The minimum Gasteiger partial charge on any atom is -0.324 e. The summed E-state index contributed by atoms with van der Waals surface area (Å²) in [6.07, 6.45) is 1.06. The fourth-order valence-electron chi connectivity index (χ4n) is 3.08. The number of benzene rings is 3. The van der Waals surface area contributed by atoms with E-state index in [-0.39, 0.29) is 5.78 Å². The number of sulfonamides is 1. The van der Waals surface area contributed by atoms with Crippen LogP contribution in [-0.4, -0.2) is 32.9 Å². The Bertz CT molecular complexity index is 1170. The molecule has 6 nitrogen and oxygen atoms in total. The lowest BCUT2D eigenvalue weighted by Crippen LogP contribution is -2.38. The van der Waals surface area contributed by atoms with Gasteiger partial charge in [-0.05, 0) is 30.7 Å². The van der Waals surface area contributed by atoms with Crippen molar-refractivity contribution < 1.29 is 18.0 Å². The van der Waals surface area contributed by atoms with Crippen LogP contribution in [0.2, 0.25) is 0 Å². The van der Waals surface area contributed by atoms with Crippen LogP contribution in [0.5, 0.6) is 0 Å². The zero-order valence-electron chi connectivity index (χ0n) is 16.7. The second-order valence-electron chi connectivity index (χ2n) is 6.85. The molecule has 30 heavy (non-hydrogen) atoms. The first-order chi connectivity index (χ1) is 14.3. The van der Waals surface area contributed by atoms with Gasteiger partial charge in [0.25, 0.3) is 0 Å². The molecule has 0 fully saturated rings. The van der Waals surface area contributed by atoms with Crippen LogP contribution >= 0.6 is 0 Å². The van der Waals surface area contributed by atoms with Gasteiger partial charge in [-0.15, -0.1) is 0 Å². The van der Waals surface area contributed by atoms with E-state index in [2.05, 4.69) is 5.32 Å². The number of rotatable bonds is 7. The smallest absolute Gasteiger partial charge is 0.245 e. The minimum atomic E-state index is -3.69. The number of carbonyl (C=O) groups excluding carboxylic acids is 2. The molecule has 154 valence electrons. The number of amides is 1. The Morgan fingerprint density at radius 2 is 1.47 bits per heavy atom. The third kappa shape index (κ3) is 4.93. The number of hydrogen-bond donors (Lipinski definition) is 1. The van der Waals surface area contributed by atoms with Crippen molar-refractivity contribution >= 4 is 33.1 Å². The molecule has 0 aliphatic heterocycles. The van der Waals surface area contributed by atoms with E-state index in [1.807, 2.05) is 6.07 Å². The normalized spacial score (nSPS) is 11.0. The molecule has 0 saturated carbocycles. The van der Waals surface area contributed by atoms with Crippen molar-refractivity contribution in [1.29, 1.82) is 0 Å². The van der Waals surface area contributed by atoms with E-state index in [0.717, 1.165) is 16.1 Å². The zero-order chi connectivity index (χ0) is 21.7. The quantitative estimate of drug-likeness (QED) is 0.590. The Morgan fingerprint density at radius 1 is 0.867 bits per heavy atom. The van der Waals surface area contributed by atoms with Crippen molar-refractivity contribution in [2.24, 2.45) is 0 Å². The maximum absolute atomic E-state index is 12.8. The lowest BCUT2D eigenvalue weighted by atomic mass is 10.0. The first kappa shape index (κ1) is 21.3. The number of nitrogens with zero attached hydrogens (tertiary/aromatic N) is 1. The summed E-state index contributed by atoms with van der Waals surface area (Å²) >= 11 is 0. The highest BCUT2D eigenvalue weighted by molar-refractivity contribution is 7.92. The van der Waals surface area contributed by atoms with Gasteiger partial charge in [-0.3, -0.25) is 13.9 Å². The van der Waals surface area contributed by atoms with Crippen LogP contribution in [-0.2, 0) is 14.8 Å². The molecule has 0 spiro atoms. The molecule has 3 aromatic rings. The lowest BCUT2D eigenvalue weighted by Gasteiger charge is -2.23. The summed E-state index contributed by atoms with van der Waals surface area (Å²) in [6.45, 7) is 1.37. The molecule has 0 bridgehead atoms. The molecular weight excluding hydrogens is 400 g/mol. The molecule has 0 aromatic heterocycles. The van der Waals surface area contributed by atoms with Gasteiger partial charge < -0.3 is 5.32 Å². The van der Waals surface area contributed by atoms with Gasteiger partial charge in [-0.2, -0.15) is 0 Å². The first-order valence-corrected chi connectivity index (χ1v) is 11.1. The molecule has 1 N–H and O–H groups in total. The zero-order valence-corrected chi connectivity index (χ0v) is 17.5. The van der Waals surface area contributed by atoms with Gasteiger partial charge in [0.1, 0.15) is 6.54 Å². The Hall–Kier alpha value is -3.45. The highest BCUT2D eigenvalue weighted by Gasteiger charge is 2.23. The maximum Gasteiger partial charge on any atom is 0.245 e. The molecule has 1 amide bonds. The molecule has 7 heteroatoms. The van der Waals surface area contributed by atoms with Crippen molar-refractivity contribution in [3.8, 4) is 0 Å². The predicted octanol–water partition coefficient (Wildman–Crippen LogP) is 3.63. The van der Waals surface area contributed by atoms with Crippen LogP contribution in [0.25, 0.3) is 0 Å². The monoisotopic (exact) mass is 422 g/mol. The Labute approximate surface area is 176 Å². The number of ketones is 1. The molecular formula is C23H22N2O4S. The van der Waals surface area contributed by atoms with Crippen LogP contribution in [0.4, 0.5) is 11.4 Å². The lowest BCUT2D eigenvalue weighted by molar-refractivity contribution is -0.114. The number of nitrogens with one attached hydrogen (secondary N) is 1. The highest BCUT2D eigenvalue weighted by Crippen LogP contribution is 2.23. The van der Waals surface area contributed by atoms with Crippen molar-refractivity contribution in [2.75, 3.05) is 22.4 Å². The van der Waals surface area contributed by atoms with Gasteiger partial charge in [0.15, 0.2) is 5.78 Å². The summed E-state index contributed by atoms with van der Waals surface area (Å²) < 4.78 is 25.7. The molecule has 0 saturated heterocycles. The summed E-state index contributed by atoms with van der Waals surface area (Å²) in [4.78, 5) is 25.6. The number of hydrogen-bond acceptors (Lipinski definition) is 4. The molecule has 3 rings (SSSR count). The molecule has 0 aliphatic rings. The van der Waals surface area contributed by atoms with Crippen LogP contribution in [0, 0.1) is 6.92 Å². The number of aryl methyl sites for hydroxylation is 1. The summed E-state index contributed by atoms with van der Waals surface area (Å²) in [7, 11) is -3.69. The number of para-hydroxylation sites is 2. The van der Waals surface area contributed by atoms with E-state index in [4.69, 9.17) is 0 Å². The van der Waals surface area contributed by atoms with Gasteiger partial charge >= 0.3 is 0 Å². The standard InChI is InChI=1S/C23H22N2O4S/c1-17-10-6-9-15-21(17)25(30(2,28)29)16-22(26)24-20-14-8-7-13-19(20)23(27)18-11-4-3-5-12-18/h3-15H,16H2,1-2H3,(H,24,26).